The average Bonchev–Trinajstić information content (AvgIpc) is 2.37. The van der Waals surface area contributed by atoms with Crippen molar-refractivity contribution >= 4 is 5.82 Å². The maximum atomic E-state index is 12.7. The molecule has 6 heteroatoms. The number of anilines is 1. The van der Waals surface area contributed by atoms with Crippen LogP contribution in [0.1, 0.15) is 31.0 Å². The zero-order valence-electron chi connectivity index (χ0n) is 11.1. The van der Waals surface area contributed by atoms with Crippen LogP contribution in [0.2, 0.25) is 0 Å². The number of hydrogen-bond acceptors (Lipinski definition) is 3. The SMILES string of the molecule is CC(C)c1cc(N)nc(-c2cccc(C(F)(F)F)c2)n1. The monoisotopic (exact) mass is 281 g/mol. The highest BCUT2D eigenvalue weighted by Gasteiger charge is 2.30. The first kappa shape index (κ1) is 14.3. The van der Waals surface area contributed by atoms with Crippen molar-refractivity contribution in [1.82, 2.24) is 9.97 Å². The van der Waals surface area contributed by atoms with E-state index in [2.05, 4.69) is 9.97 Å². The molecule has 0 unspecified atom stereocenters. The second-order valence-electron chi connectivity index (χ2n) is 4.77. The fraction of sp³-hybridized carbons (Fsp3) is 0.286. The second kappa shape index (κ2) is 5.11. The standard InChI is InChI=1S/C14H14F3N3/c1-8(2)11-7-12(18)20-13(19-11)9-4-3-5-10(6-9)14(15,16)17/h3-8H,1-2H3,(H2,18,19,20). The smallest absolute Gasteiger partial charge is 0.384 e. The van der Waals surface area contributed by atoms with Crippen LogP contribution in [0.5, 0.6) is 0 Å². The number of benzene rings is 1. The lowest BCUT2D eigenvalue weighted by atomic mass is 10.1. The highest BCUT2D eigenvalue weighted by Crippen LogP contribution is 2.31. The Kier molecular flexibility index (Phi) is 3.65. The summed E-state index contributed by atoms with van der Waals surface area (Å²) in [4.78, 5) is 8.28. The van der Waals surface area contributed by atoms with Gasteiger partial charge in [-0.2, -0.15) is 13.2 Å². The fourth-order valence-electron chi connectivity index (χ4n) is 1.75. The molecule has 0 spiro atoms. The molecule has 0 bridgehead atoms. The second-order valence-corrected chi connectivity index (χ2v) is 4.77. The Balaban J connectivity index is 2.51. The Hall–Kier alpha value is -2.11. The third kappa shape index (κ3) is 3.07. The third-order valence-corrected chi connectivity index (χ3v) is 2.81. The van der Waals surface area contributed by atoms with Gasteiger partial charge >= 0.3 is 6.18 Å². The molecule has 0 aliphatic heterocycles. The molecule has 0 amide bonds. The first-order valence-electron chi connectivity index (χ1n) is 6.09. The molecule has 2 N–H and O–H groups in total. The van der Waals surface area contributed by atoms with E-state index >= 15 is 0 Å². The van der Waals surface area contributed by atoms with E-state index in [9.17, 15) is 13.2 Å². The van der Waals surface area contributed by atoms with Gasteiger partial charge < -0.3 is 5.73 Å². The Bertz CT molecular complexity index is 621. The van der Waals surface area contributed by atoms with Crippen molar-refractivity contribution in [1.29, 1.82) is 0 Å². The molecule has 0 aliphatic rings. The summed E-state index contributed by atoms with van der Waals surface area (Å²) in [7, 11) is 0. The molecule has 0 radical (unpaired) electrons. The summed E-state index contributed by atoms with van der Waals surface area (Å²) < 4.78 is 38.1. The summed E-state index contributed by atoms with van der Waals surface area (Å²) in [6.45, 7) is 3.86. The van der Waals surface area contributed by atoms with Gasteiger partial charge in [-0.1, -0.05) is 26.0 Å². The van der Waals surface area contributed by atoms with Gasteiger partial charge in [0.1, 0.15) is 5.82 Å². The minimum Gasteiger partial charge on any atom is -0.384 e. The predicted molar refractivity (Wildman–Crippen MR) is 71.0 cm³/mol. The van der Waals surface area contributed by atoms with Gasteiger partial charge in [-0.05, 0) is 18.1 Å². The van der Waals surface area contributed by atoms with Crippen LogP contribution in [-0.2, 0) is 6.18 Å². The summed E-state index contributed by atoms with van der Waals surface area (Å²) in [6, 6.07) is 6.54. The molecule has 2 rings (SSSR count). The molecular weight excluding hydrogens is 267 g/mol. The summed E-state index contributed by atoms with van der Waals surface area (Å²) >= 11 is 0. The van der Waals surface area contributed by atoms with Crippen LogP contribution in [0.4, 0.5) is 19.0 Å². The maximum Gasteiger partial charge on any atom is 0.416 e. The van der Waals surface area contributed by atoms with Crippen molar-refractivity contribution in [3.63, 3.8) is 0 Å². The van der Waals surface area contributed by atoms with Gasteiger partial charge in [-0.3, -0.25) is 0 Å². The largest absolute Gasteiger partial charge is 0.416 e. The summed E-state index contributed by atoms with van der Waals surface area (Å²) in [5.74, 6) is 0.570. The van der Waals surface area contributed by atoms with Crippen LogP contribution in [0, 0.1) is 0 Å². The number of halogens is 3. The van der Waals surface area contributed by atoms with Gasteiger partial charge in [0.2, 0.25) is 0 Å². The van der Waals surface area contributed by atoms with E-state index in [4.69, 9.17) is 5.73 Å². The highest BCUT2D eigenvalue weighted by atomic mass is 19.4. The van der Waals surface area contributed by atoms with Gasteiger partial charge in [-0.25, -0.2) is 9.97 Å². The van der Waals surface area contributed by atoms with E-state index in [1.807, 2.05) is 13.8 Å². The predicted octanol–water partition coefficient (Wildman–Crippen LogP) is 3.87. The molecule has 20 heavy (non-hydrogen) atoms. The molecule has 0 fully saturated rings. The van der Waals surface area contributed by atoms with Crippen LogP contribution >= 0.6 is 0 Å². The zero-order chi connectivity index (χ0) is 14.9. The van der Waals surface area contributed by atoms with Crippen LogP contribution in [0.25, 0.3) is 11.4 Å². The Morgan fingerprint density at radius 3 is 2.40 bits per heavy atom. The maximum absolute atomic E-state index is 12.7. The van der Waals surface area contributed by atoms with Crippen molar-refractivity contribution in [3.05, 3.63) is 41.6 Å². The summed E-state index contributed by atoms with van der Waals surface area (Å²) in [5, 5.41) is 0. The first-order valence-corrected chi connectivity index (χ1v) is 6.09. The van der Waals surface area contributed by atoms with Gasteiger partial charge in [0.15, 0.2) is 5.82 Å². The van der Waals surface area contributed by atoms with Crippen LogP contribution < -0.4 is 5.73 Å². The molecule has 1 heterocycles. The zero-order valence-corrected chi connectivity index (χ0v) is 11.1. The molecule has 1 aromatic carbocycles. The van der Waals surface area contributed by atoms with E-state index in [-0.39, 0.29) is 17.6 Å². The number of nitrogens with two attached hydrogens (primary N) is 1. The lowest BCUT2D eigenvalue weighted by Crippen LogP contribution is -2.06. The number of nitrogens with zero attached hydrogens (tertiary/aromatic N) is 2. The lowest BCUT2D eigenvalue weighted by Gasteiger charge is -2.10. The van der Waals surface area contributed by atoms with E-state index in [1.54, 1.807) is 6.07 Å². The topological polar surface area (TPSA) is 51.8 Å². The van der Waals surface area contributed by atoms with Crippen molar-refractivity contribution in [2.24, 2.45) is 0 Å². The molecule has 0 saturated heterocycles. The van der Waals surface area contributed by atoms with Crippen LogP contribution in [0.3, 0.4) is 0 Å². The van der Waals surface area contributed by atoms with Crippen molar-refractivity contribution < 1.29 is 13.2 Å². The van der Waals surface area contributed by atoms with Crippen molar-refractivity contribution in [2.45, 2.75) is 25.9 Å². The van der Waals surface area contributed by atoms with Crippen molar-refractivity contribution in [3.8, 4) is 11.4 Å². The lowest BCUT2D eigenvalue weighted by molar-refractivity contribution is -0.137. The Morgan fingerprint density at radius 1 is 1.10 bits per heavy atom. The number of rotatable bonds is 2. The number of alkyl halides is 3. The van der Waals surface area contributed by atoms with Crippen LogP contribution in [-0.4, -0.2) is 9.97 Å². The molecule has 0 saturated carbocycles. The minimum absolute atomic E-state index is 0.116. The van der Waals surface area contributed by atoms with Gasteiger partial charge in [-0.15, -0.1) is 0 Å². The highest BCUT2D eigenvalue weighted by molar-refractivity contribution is 5.58. The molecule has 3 nitrogen and oxygen atoms in total. The van der Waals surface area contributed by atoms with E-state index in [0.717, 1.165) is 12.1 Å². The molecule has 106 valence electrons. The van der Waals surface area contributed by atoms with Gasteiger partial charge in [0, 0.05) is 17.3 Å². The summed E-state index contributed by atoms with van der Waals surface area (Å²) in [6.07, 6.45) is -4.39. The fourth-order valence-corrected chi connectivity index (χ4v) is 1.75. The Labute approximate surface area is 114 Å². The van der Waals surface area contributed by atoms with E-state index in [0.29, 0.717) is 11.3 Å². The normalized spacial score (nSPS) is 11.9. The number of aromatic nitrogens is 2. The first-order chi connectivity index (χ1) is 9.27. The molecule has 2 aromatic rings. The average molecular weight is 281 g/mol. The third-order valence-electron chi connectivity index (χ3n) is 2.81. The summed E-state index contributed by atoms with van der Waals surface area (Å²) in [5.41, 5.74) is 5.95. The van der Waals surface area contributed by atoms with Gasteiger partial charge in [0.25, 0.3) is 0 Å². The number of hydrogen-bond donors (Lipinski definition) is 1. The molecule has 1 aromatic heterocycles. The van der Waals surface area contributed by atoms with E-state index < -0.39 is 11.7 Å². The Morgan fingerprint density at radius 2 is 1.80 bits per heavy atom. The van der Waals surface area contributed by atoms with Crippen molar-refractivity contribution in [2.75, 3.05) is 5.73 Å². The van der Waals surface area contributed by atoms with E-state index in [1.165, 1.54) is 12.1 Å². The molecule has 0 aliphatic carbocycles. The number of nitrogen functional groups attached to an aromatic ring is 1. The van der Waals surface area contributed by atoms with Crippen LogP contribution in [0.15, 0.2) is 30.3 Å². The molecule has 0 atom stereocenters. The minimum atomic E-state index is -4.39. The molecular formula is C14H14F3N3. The quantitative estimate of drug-likeness (QED) is 0.909. The van der Waals surface area contributed by atoms with Gasteiger partial charge in [0.05, 0.1) is 5.56 Å².